The molecule has 1 aromatic rings. The van der Waals surface area contributed by atoms with Gasteiger partial charge in [-0.25, -0.2) is 9.37 Å². The highest BCUT2D eigenvalue weighted by molar-refractivity contribution is 5.45. The highest BCUT2D eigenvalue weighted by Gasteiger charge is 2.34. The van der Waals surface area contributed by atoms with Crippen LogP contribution >= 0.6 is 0 Å². The van der Waals surface area contributed by atoms with Gasteiger partial charge in [-0.15, -0.1) is 0 Å². The number of piperidine rings is 1. The standard InChI is InChI=1S/C16H25FN4/c1-12-10-20-8-4-3-5-14(20)11-21(12)16-15(17)13(9-18-2)6-7-19-16/h6-7,12,14,18H,3-5,8-11H2,1-2H3. The van der Waals surface area contributed by atoms with Gasteiger partial charge in [-0.2, -0.15) is 0 Å². The number of nitrogens with one attached hydrogen (secondary N) is 1. The molecule has 3 rings (SSSR count). The Balaban J connectivity index is 1.84. The molecule has 0 aliphatic carbocycles. The summed E-state index contributed by atoms with van der Waals surface area (Å²) in [6.07, 6.45) is 5.54. The summed E-state index contributed by atoms with van der Waals surface area (Å²) in [5, 5.41) is 3.02. The van der Waals surface area contributed by atoms with Crippen molar-refractivity contribution in [3.05, 3.63) is 23.6 Å². The molecule has 1 aromatic heterocycles. The van der Waals surface area contributed by atoms with E-state index in [0.29, 0.717) is 30.0 Å². The topological polar surface area (TPSA) is 31.4 Å². The highest BCUT2D eigenvalue weighted by Crippen LogP contribution is 2.29. The number of halogens is 1. The molecular weight excluding hydrogens is 267 g/mol. The fourth-order valence-corrected chi connectivity index (χ4v) is 3.65. The first kappa shape index (κ1) is 14.7. The number of anilines is 1. The van der Waals surface area contributed by atoms with E-state index in [2.05, 4.69) is 27.0 Å². The van der Waals surface area contributed by atoms with Crippen LogP contribution < -0.4 is 10.2 Å². The lowest BCUT2D eigenvalue weighted by atomic mass is 9.97. The lowest BCUT2D eigenvalue weighted by Gasteiger charge is -2.48. The van der Waals surface area contributed by atoms with Gasteiger partial charge in [0.05, 0.1) is 0 Å². The molecule has 116 valence electrons. The van der Waals surface area contributed by atoms with Crippen LogP contribution in [0.25, 0.3) is 0 Å². The molecule has 2 unspecified atom stereocenters. The molecule has 0 aromatic carbocycles. The van der Waals surface area contributed by atoms with Crippen molar-refractivity contribution < 1.29 is 4.39 Å². The quantitative estimate of drug-likeness (QED) is 0.923. The van der Waals surface area contributed by atoms with Gasteiger partial charge in [0.25, 0.3) is 0 Å². The molecule has 2 saturated heterocycles. The van der Waals surface area contributed by atoms with Crippen molar-refractivity contribution in [3.63, 3.8) is 0 Å². The van der Waals surface area contributed by atoms with Crippen LogP contribution in [0.1, 0.15) is 31.7 Å². The van der Waals surface area contributed by atoms with Crippen LogP contribution in [-0.4, -0.2) is 48.6 Å². The molecule has 3 heterocycles. The van der Waals surface area contributed by atoms with Crippen LogP contribution in [0.5, 0.6) is 0 Å². The van der Waals surface area contributed by atoms with Gasteiger partial charge < -0.3 is 10.2 Å². The van der Waals surface area contributed by atoms with Gasteiger partial charge in [0.2, 0.25) is 0 Å². The van der Waals surface area contributed by atoms with Crippen molar-refractivity contribution in [2.75, 3.05) is 31.6 Å². The maximum absolute atomic E-state index is 14.7. The molecule has 2 fully saturated rings. The van der Waals surface area contributed by atoms with E-state index in [9.17, 15) is 4.39 Å². The molecule has 0 bridgehead atoms. The normalized spacial score (nSPS) is 26.7. The van der Waals surface area contributed by atoms with Crippen LogP contribution in [-0.2, 0) is 6.54 Å². The summed E-state index contributed by atoms with van der Waals surface area (Å²) < 4.78 is 14.7. The number of piperazine rings is 1. The van der Waals surface area contributed by atoms with Gasteiger partial charge in [0, 0.05) is 43.5 Å². The van der Waals surface area contributed by atoms with Crippen LogP contribution in [0.2, 0.25) is 0 Å². The minimum atomic E-state index is -0.164. The summed E-state index contributed by atoms with van der Waals surface area (Å²) in [5.74, 6) is 0.364. The Bertz CT molecular complexity index is 493. The summed E-state index contributed by atoms with van der Waals surface area (Å²) in [6.45, 7) is 5.82. The Hall–Kier alpha value is -1.20. The summed E-state index contributed by atoms with van der Waals surface area (Å²) in [4.78, 5) is 9.07. The fraction of sp³-hybridized carbons (Fsp3) is 0.688. The second-order valence-electron chi connectivity index (χ2n) is 6.28. The molecule has 2 aliphatic heterocycles. The Morgan fingerprint density at radius 2 is 2.24 bits per heavy atom. The zero-order valence-electron chi connectivity index (χ0n) is 13.0. The molecule has 0 spiro atoms. The van der Waals surface area contributed by atoms with Crippen LogP contribution in [0.4, 0.5) is 10.2 Å². The van der Waals surface area contributed by atoms with E-state index in [-0.39, 0.29) is 5.82 Å². The molecular formula is C16H25FN4. The highest BCUT2D eigenvalue weighted by atomic mass is 19.1. The van der Waals surface area contributed by atoms with E-state index >= 15 is 0 Å². The van der Waals surface area contributed by atoms with Crippen molar-refractivity contribution in [2.45, 2.75) is 44.8 Å². The van der Waals surface area contributed by atoms with E-state index in [1.165, 1.54) is 25.8 Å². The Morgan fingerprint density at radius 3 is 3.05 bits per heavy atom. The van der Waals surface area contributed by atoms with Crippen LogP contribution in [0.15, 0.2) is 12.3 Å². The summed E-state index contributed by atoms with van der Waals surface area (Å²) >= 11 is 0. The number of aromatic nitrogens is 1. The van der Waals surface area contributed by atoms with Gasteiger partial charge in [-0.3, -0.25) is 4.90 Å². The van der Waals surface area contributed by atoms with Crippen molar-refractivity contribution in [2.24, 2.45) is 0 Å². The fourth-order valence-electron chi connectivity index (χ4n) is 3.65. The van der Waals surface area contributed by atoms with Gasteiger partial charge in [0.1, 0.15) is 0 Å². The van der Waals surface area contributed by atoms with E-state index < -0.39 is 0 Å². The van der Waals surface area contributed by atoms with Gasteiger partial charge >= 0.3 is 0 Å². The molecule has 0 amide bonds. The second-order valence-corrected chi connectivity index (χ2v) is 6.28. The third-order valence-corrected chi connectivity index (χ3v) is 4.78. The number of pyridine rings is 1. The largest absolute Gasteiger partial charge is 0.349 e. The maximum Gasteiger partial charge on any atom is 0.170 e. The van der Waals surface area contributed by atoms with Crippen molar-refractivity contribution >= 4 is 5.82 Å². The minimum absolute atomic E-state index is 0.164. The first-order valence-corrected chi connectivity index (χ1v) is 7.99. The molecule has 4 nitrogen and oxygen atoms in total. The average molecular weight is 292 g/mol. The summed E-state index contributed by atoms with van der Waals surface area (Å²) in [7, 11) is 1.84. The predicted molar refractivity (Wildman–Crippen MR) is 83.0 cm³/mol. The predicted octanol–water partition coefficient (Wildman–Crippen LogP) is 2.00. The third-order valence-electron chi connectivity index (χ3n) is 4.78. The summed E-state index contributed by atoms with van der Waals surface area (Å²) in [6, 6.07) is 2.63. The molecule has 21 heavy (non-hydrogen) atoms. The maximum atomic E-state index is 14.7. The lowest BCUT2D eigenvalue weighted by molar-refractivity contribution is 0.115. The Kier molecular flexibility index (Phi) is 4.40. The summed E-state index contributed by atoms with van der Waals surface area (Å²) in [5.41, 5.74) is 0.695. The number of hydrogen-bond acceptors (Lipinski definition) is 4. The molecule has 0 saturated carbocycles. The zero-order chi connectivity index (χ0) is 14.8. The van der Waals surface area contributed by atoms with Crippen LogP contribution in [0, 0.1) is 5.82 Å². The van der Waals surface area contributed by atoms with E-state index in [1.54, 1.807) is 12.3 Å². The second kappa shape index (κ2) is 6.28. The Labute approximate surface area is 126 Å². The van der Waals surface area contributed by atoms with E-state index in [0.717, 1.165) is 13.1 Å². The van der Waals surface area contributed by atoms with Crippen molar-refractivity contribution in [1.29, 1.82) is 0 Å². The molecule has 1 N–H and O–H groups in total. The van der Waals surface area contributed by atoms with Gasteiger partial charge in [0.15, 0.2) is 11.6 Å². The molecule has 5 heteroatoms. The third kappa shape index (κ3) is 2.90. The Morgan fingerprint density at radius 1 is 1.38 bits per heavy atom. The first-order valence-electron chi connectivity index (χ1n) is 7.99. The molecule has 2 aliphatic rings. The average Bonchev–Trinajstić information content (AvgIpc) is 2.49. The van der Waals surface area contributed by atoms with Crippen LogP contribution in [0.3, 0.4) is 0 Å². The number of rotatable bonds is 3. The molecule has 0 radical (unpaired) electrons. The van der Waals surface area contributed by atoms with Gasteiger partial charge in [-0.1, -0.05) is 6.42 Å². The number of fused-ring (bicyclic) bond motifs is 1. The number of hydrogen-bond donors (Lipinski definition) is 1. The number of nitrogens with zero attached hydrogens (tertiary/aromatic N) is 3. The van der Waals surface area contributed by atoms with E-state index in [4.69, 9.17) is 0 Å². The first-order chi connectivity index (χ1) is 10.2. The lowest BCUT2D eigenvalue weighted by Crippen LogP contribution is -2.59. The SMILES string of the molecule is CNCc1ccnc(N2CC3CCCCN3CC2C)c1F. The zero-order valence-corrected chi connectivity index (χ0v) is 13.0. The van der Waals surface area contributed by atoms with Crippen molar-refractivity contribution in [1.82, 2.24) is 15.2 Å². The monoisotopic (exact) mass is 292 g/mol. The smallest absolute Gasteiger partial charge is 0.170 e. The minimum Gasteiger partial charge on any atom is -0.349 e. The molecule has 2 atom stereocenters. The van der Waals surface area contributed by atoms with Gasteiger partial charge in [-0.05, 0) is 39.4 Å². The van der Waals surface area contributed by atoms with Crippen molar-refractivity contribution in [3.8, 4) is 0 Å². The van der Waals surface area contributed by atoms with E-state index in [1.807, 2.05) is 7.05 Å².